The van der Waals surface area contributed by atoms with Crippen LogP contribution in [0.1, 0.15) is 33.5 Å². The molecule has 6 aromatic carbocycles. The van der Waals surface area contributed by atoms with Gasteiger partial charge in [-0.15, -0.1) is 0 Å². The minimum Gasteiger partial charge on any atom is -0.457 e. The van der Waals surface area contributed by atoms with Gasteiger partial charge in [0, 0.05) is 33.1 Å². The smallest absolute Gasteiger partial charge is 0.128 e. The van der Waals surface area contributed by atoms with Crippen LogP contribution in [-0.2, 0) is 5.41 Å². The van der Waals surface area contributed by atoms with Crippen molar-refractivity contribution in [3.63, 3.8) is 0 Å². The van der Waals surface area contributed by atoms with Crippen molar-refractivity contribution in [1.29, 1.82) is 0 Å². The van der Waals surface area contributed by atoms with E-state index in [9.17, 15) is 0 Å². The van der Waals surface area contributed by atoms with E-state index in [0.717, 1.165) is 50.3 Å². The molecule has 0 atom stereocenters. The Morgan fingerprint density at radius 3 is 1.94 bits per heavy atom. The molecule has 0 aliphatic carbocycles. The maximum atomic E-state index is 6.90. The molecule has 0 radical (unpaired) electrons. The molecule has 8 aromatic rings. The summed E-state index contributed by atoms with van der Waals surface area (Å²) in [6.45, 7) is 4.34. The van der Waals surface area contributed by atoms with Crippen LogP contribution in [0.15, 0.2) is 180 Å². The second kappa shape index (κ2) is 12.7. The number of rotatable bonds is 6. The van der Waals surface area contributed by atoms with Gasteiger partial charge in [-0.05, 0) is 119 Å². The molecule has 0 spiro atoms. The normalized spacial score (nSPS) is 13.0. The first-order chi connectivity index (χ1) is 25.1. The van der Waals surface area contributed by atoms with Crippen molar-refractivity contribution in [2.45, 2.75) is 29.1 Å². The van der Waals surface area contributed by atoms with Crippen LogP contribution in [-0.4, -0.2) is 9.97 Å². The predicted octanol–water partition coefficient (Wildman–Crippen LogP) is 12.2. The molecular weight excluding hydrogens is 641 g/mol. The molecule has 0 fully saturated rings. The summed E-state index contributed by atoms with van der Waals surface area (Å²) in [6, 6.07) is 55.7. The molecule has 0 N–H and O–H groups in total. The van der Waals surface area contributed by atoms with E-state index in [0.29, 0.717) is 0 Å². The fourth-order valence-corrected chi connectivity index (χ4v) is 8.90. The Morgan fingerprint density at radius 2 is 1.20 bits per heavy atom. The van der Waals surface area contributed by atoms with Crippen molar-refractivity contribution in [2.24, 2.45) is 0 Å². The standard InChI is InChI=1S/C47H34N2OS/c1-31-13-11-14-32(2)46(31)36-25-35(42-28-33-15-3-4-16-34(33)30-49-42)26-39(27-36)50-38-18-12-17-37(29-38)47(45-23-9-10-24-48-45)40-19-5-7-21-43(40)51-44-22-8-6-20-41(44)47/h3-30H,1-2H3. The van der Waals surface area contributed by atoms with E-state index < -0.39 is 5.41 Å². The lowest BCUT2D eigenvalue weighted by Crippen LogP contribution is -2.34. The lowest BCUT2D eigenvalue weighted by atomic mass is 9.66. The number of hydrogen-bond donors (Lipinski definition) is 0. The minimum atomic E-state index is -0.640. The summed E-state index contributed by atoms with van der Waals surface area (Å²) in [7, 11) is 0. The highest BCUT2D eigenvalue weighted by atomic mass is 32.2. The van der Waals surface area contributed by atoms with Gasteiger partial charge in [-0.25, -0.2) is 0 Å². The van der Waals surface area contributed by atoms with Gasteiger partial charge >= 0.3 is 0 Å². The number of nitrogens with zero attached hydrogens (tertiary/aromatic N) is 2. The molecule has 3 nitrogen and oxygen atoms in total. The molecule has 0 bridgehead atoms. The van der Waals surface area contributed by atoms with Crippen molar-refractivity contribution in [1.82, 2.24) is 9.97 Å². The van der Waals surface area contributed by atoms with Crippen LogP contribution >= 0.6 is 11.8 Å². The number of aromatic nitrogens is 2. The highest BCUT2D eigenvalue weighted by Gasteiger charge is 2.45. The van der Waals surface area contributed by atoms with E-state index in [1.165, 1.54) is 37.6 Å². The van der Waals surface area contributed by atoms with Crippen LogP contribution in [0.25, 0.3) is 33.2 Å². The first-order valence-electron chi connectivity index (χ1n) is 17.2. The largest absolute Gasteiger partial charge is 0.457 e. The molecule has 0 saturated heterocycles. The zero-order chi connectivity index (χ0) is 34.4. The molecule has 244 valence electrons. The van der Waals surface area contributed by atoms with Gasteiger partial charge in [-0.1, -0.05) is 109 Å². The third-order valence-corrected chi connectivity index (χ3v) is 11.1. The van der Waals surface area contributed by atoms with Crippen molar-refractivity contribution >= 4 is 22.5 Å². The van der Waals surface area contributed by atoms with E-state index in [-0.39, 0.29) is 0 Å². The number of aryl methyl sites for hydroxylation is 2. The second-order valence-corrected chi connectivity index (χ2v) is 14.2. The average Bonchev–Trinajstić information content (AvgIpc) is 3.17. The molecule has 1 aliphatic rings. The molecule has 0 amide bonds. The van der Waals surface area contributed by atoms with Crippen molar-refractivity contribution < 1.29 is 4.74 Å². The maximum absolute atomic E-state index is 6.90. The zero-order valence-electron chi connectivity index (χ0n) is 28.4. The summed E-state index contributed by atoms with van der Waals surface area (Å²) >= 11 is 1.82. The van der Waals surface area contributed by atoms with Crippen molar-refractivity contribution in [3.8, 4) is 33.9 Å². The van der Waals surface area contributed by atoms with Crippen LogP contribution in [0.3, 0.4) is 0 Å². The van der Waals surface area contributed by atoms with Crippen LogP contribution in [0.2, 0.25) is 0 Å². The summed E-state index contributed by atoms with van der Waals surface area (Å²) in [5.74, 6) is 1.51. The predicted molar refractivity (Wildman–Crippen MR) is 209 cm³/mol. The van der Waals surface area contributed by atoms with E-state index in [4.69, 9.17) is 14.7 Å². The average molecular weight is 675 g/mol. The fourth-order valence-electron chi connectivity index (χ4n) is 7.70. The number of fused-ring (bicyclic) bond motifs is 3. The lowest BCUT2D eigenvalue weighted by molar-refractivity contribution is 0.481. The van der Waals surface area contributed by atoms with Crippen LogP contribution in [0, 0.1) is 13.8 Å². The Balaban J connectivity index is 1.22. The number of pyridine rings is 2. The molecule has 4 heteroatoms. The highest BCUT2D eigenvalue weighted by molar-refractivity contribution is 7.99. The molecular formula is C47H34N2OS. The molecule has 1 aliphatic heterocycles. The number of benzene rings is 6. The third kappa shape index (κ3) is 5.40. The quantitative estimate of drug-likeness (QED) is 0.176. The Labute approximate surface area is 302 Å². The first kappa shape index (κ1) is 31.0. The SMILES string of the molecule is Cc1cccc(C)c1-c1cc(Oc2cccc(C3(c4ccccn4)c4ccccc4Sc4ccccc43)c2)cc(-c2cc3ccccc3cn2)c1. The summed E-state index contributed by atoms with van der Waals surface area (Å²) in [5, 5.41) is 2.27. The summed E-state index contributed by atoms with van der Waals surface area (Å²) in [4.78, 5) is 12.4. The van der Waals surface area contributed by atoms with Gasteiger partial charge in [-0.2, -0.15) is 0 Å². The third-order valence-electron chi connectivity index (χ3n) is 9.96. The van der Waals surface area contributed by atoms with E-state index in [1.54, 1.807) is 0 Å². The van der Waals surface area contributed by atoms with Crippen molar-refractivity contribution in [2.75, 3.05) is 0 Å². The van der Waals surface area contributed by atoms with Gasteiger partial charge < -0.3 is 4.74 Å². The second-order valence-electron chi connectivity index (χ2n) is 13.1. The molecule has 51 heavy (non-hydrogen) atoms. The van der Waals surface area contributed by atoms with Gasteiger partial charge in [-0.3, -0.25) is 9.97 Å². The molecule has 2 aromatic heterocycles. The van der Waals surface area contributed by atoms with E-state index in [1.807, 2.05) is 42.4 Å². The van der Waals surface area contributed by atoms with Crippen LogP contribution in [0.5, 0.6) is 11.5 Å². The summed E-state index contributed by atoms with van der Waals surface area (Å²) in [6.07, 6.45) is 3.85. The first-order valence-corrected chi connectivity index (χ1v) is 18.0. The molecule has 9 rings (SSSR count). The Hall–Kier alpha value is -5.97. The number of hydrogen-bond acceptors (Lipinski definition) is 4. The van der Waals surface area contributed by atoms with Gasteiger partial charge in [0.25, 0.3) is 0 Å². The molecule has 3 heterocycles. The van der Waals surface area contributed by atoms with Gasteiger partial charge in [0.2, 0.25) is 0 Å². The maximum Gasteiger partial charge on any atom is 0.128 e. The van der Waals surface area contributed by atoms with Crippen LogP contribution in [0.4, 0.5) is 0 Å². The monoisotopic (exact) mass is 674 g/mol. The zero-order valence-corrected chi connectivity index (χ0v) is 29.2. The summed E-state index contributed by atoms with van der Waals surface area (Å²) < 4.78 is 6.90. The lowest BCUT2D eigenvalue weighted by Gasteiger charge is -2.40. The van der Waals surface area contributed by atoms with Crippen molar-refractivity contribution in [3.05, 3.63) is 204 Å². The van der Waals surface area contributed by atoms with E-state index in [2.05, 4.69) is 153 Å². The minimum absolute atomic E-state index is 0.640. The van der Waals surface area contributed by atoms with Crippen LogP contribution < -0.4 is 4.74 Å². The number of ether oxygens (including phenoxy) is 1. The van der Waals surface area contributed by atoms with Gasteiger partial charge in [0.1, 0.15) is 11.5 Å². The Bertz CT molecular complexity index is 2510. The Morgan fingerprint density at radius 1 is 0.529 bits per heavy atom. The summed E-state index contributed by atoms with van der Waals surface area (Å²) in [5.41, 5.74) is 10.5. The topological polar surface area (TPSA) is 35.0 Å². The molecule has 0 saturated carbocycles. The fraction of sp³-hybridized carbons (Fsp3) is 0.0638. The van der Waals surface area contributed by atoms with Gasteiger partial charge in [0.05, 0.1) is 16.8 Å². The highest BCUT2D eigenvalue weighted by Crippen LogP contribution is 2.55. The molecule has 0 unspecified atom stereocenters. The van der Waals surface area contributed by atoms with Gasteiger partial charge in [0.15, 0.2) is 0 Å². The van der Waals surface area contributed by atoms with E-state index >= 15 is 0 Å². The Kier molecular flexibility index (Phi) is 7.75.